The molecule has 0 bridgehead atoms. The molecule has 1 aliphatic carbocycles. The first kappa shape index (κ1) is 17.8. The van der Waals surface area contributed by atoms with Crippen molar-refractivity contribution in [2.45, 2.75) is 31.7 Å². The number of hydrogen-bond donors (Lipinski definition) is 2. The summed E-state index contributed by atoms with van der Waals surface area (Å²) in [7, 11) is 1.69. The van der Waals surface area contributed by atoms with E-state index in [1.165, 1.54) is 16.3 Å². The molecule has 0 spiro atoms. The molecule has 0 radical (unpaired) electrons. The Labute approximate surface area is 169 Å². The van der Waals surface area contributed by atoms with Gasteiger partial charge in [0.05, 0.1) is 19.6 Å². The van der Waals surface area contributed by atoms with Crippen molar-refractivity contribution in [3.8, 4) is 5.75 Å². The second-order valence-corrected chi connectivity index (χ2v) is 7.76. The zero-order valence-electron chi connectivity index (χ0n) is 16.5. The number of aromatic nitrogens is 1. The van der Waals surface area contributed by atoms with E-state index in [-0.39, 0.29) is 11.9 Å². The maximum atomic E-state index is 12.9. The molecule has 0 unspecified atom stereocenters. The summed E-state index contributed by atoms with van der Waals surface area (Å²) < 4.78 is 5.39. The first-order chi connectivity index (χ1) is 14.2. The zero-order valence-corrected chi connectivity index (χ0v) is 16.5. The lowest BCUT2D eigenvalue weighted by molar-refractivity contribution is -0.121. The molecule has 0 aliphatic heterocycles. The van der Waals surface area contributed by atoms with Gasteiger partial charge in [0.1, 0.15) is 5.75 Å². The van der Waals surface area contributed by atoms with Gasteiger partial charge in [-0.1, -0.05) is 42.5 Å². The first-order valence-electron chi connectivity index (χ1n) is 10.2. The molecule has 1 aromatic heterocycles. The number of ether oxygens (including phenoxy) is 1. The van der Waals surface area contributed by atoms with Crippen LogP contribution in [-0.4, -0.2) is 18.0 Å². The smallest absolute Gasteiger partial charge is 0.224 e. The lowest BCUT2D eigenvalue weighted by Gasteiger charge is -2.24. The van der Waals surface area contributed by atoms with E-state index in [0.29, 0.717) is 6.42 Å². The highest BCUT2D eigenvalue weighted by atomic mass is 16.5. The molecule has 1 aliphatic rings. The van der Waals surface area contributed by atoms with E-state index in [4.69, 9.17) is 4.74 Å². The molecule has 0 saturated carbocycles. The van der Waals surface area contributed by atoms with Crippen molar-refractivity contribution < 1.29 is 9.53 Å². The number of methoxy groups -OCH3 is 1. The van der Waals surface area contributed by atoms with E-state index in [9.17, 15) is 4.79 Å². The Morgan fingerprint density at radius 3 is 2.86 bits per heavy atom. The Bertz CT molecular complexity index is 1200. The fourth-order valence-electron chi connectivity index (χ4n) is 4.58. The van der Waals surface area contributed by atoms with Gasteiger partial charge in [-0.3, -0.25) is 4.79 Å². The number of hydrogen-bond acceptors (Lipinski definition) is 2. The van der Waals surface area contributed by atoms with Gasteiger partial charge in [0.25, 0.3) is 0 Å². The van der Waals surface area contributed by atoms with Gasteiger partial charge < -0.3 is 15.0 Å². The van der Waals surface area contributed by atoms with Gasteiger partial charge in [-0.25, -0.2) is 0 Å². The van der Waals surface area contributed by atoms with Gasteiger partial charge >= 0.3 is 0 Å². The summed E-state index contributed by atoms with van der Waals surface area (Å²) in [5.41, 5.74) is 4.62. The molecule has 29 heavy (non-hydrogen) atoms. The molecule has 4 heteroatoms. The van der Waals surface area contributed by atoms with Crippen LogP contribution in [0.2, 0.25) is 0 Å². The highest BCUT2D eigenvalue weighted by molar-refractivity contribution is 5.91. The highest BCUT2D eigenvalue weighted by Crippen LogP contribution is 2.36. The number of nitrogens with one attached hydrogen (secondary N) is 2. The van der Waals surface area contributed by atoms with E-state index in [2.05, 4.69) is 40.6 Å². The normalized spacial score (nSPS) is 16.0. The first-order valence-corrected chi connectivity index (χ1v) is 10.2. The van der Waals surface area contributed by atoms with Crippen LogP contribution in [0, 0.1) is 0 Å². The molecule has 4 nitrogen and oxygen atoms in total. The molecule has 1 heterocycles. The summed E-state index contributed by atoms with van der Waals surface area (Å²) in [5, 5.41) is 6.79. The Hall–Kier alpha value is -3.27. The predicted octanol–water partition coefficient (Wildman–Crippen LogP) is 5.07. The van der Waals surface area contributed by atoms with Crippen molar-refractivity contribution in [2.75, 3.05) is 7.11 Å². The Morgan fingerprint density at radius 1 is 1.10 bits per heavy atom. The maximum Gasteiger partial charge on any atom is 0.224 e. The second-order valence-electron chi connectivity index (χ2n) is 7.76. The third-order valence-electron chi connectivity index (χ3n) is 5.98. The van der Waals surface area contributed by atoms with Crippen LogP contribution in [0.15, 0.2) is 60.7 Å². The van der Waals surface area contributed by atoms with Gasteiger partial charge in [-0.2, -0.15) is 0 Å². The van der Waals surface area contributed by atoms with E-state index in [0.717, 1.165) is 47.2 Å². The maximum absolute atomic E-state index is 12.9. The minimum absolute atomic E-state index is 0.0274. The summed E-state index contributed by atoms with van der Waals surface area (Å²) in [6.07, 6.45) is 3.44. The van der Waals surface area contributed by atoms with Gasteiger partial charge in [-0.15, -0.1) is 0 Å². The lowest BCUT2D eigenvalue weighted by Crippen LogP contribution is -2.32. The number of carbonyl (C=O) groups is 1. The number of benzene rings is 3. The fraction of sp³-hybridized carbons (Fsp3) is 0.240. The molecule has 4 aromatic rings. The Morgan fingerprint density at radius 2 is 1.97 bits per heavy atom. The largest absolute Gasteiger partial charge is 0.497 e. The molecule has 1 amide bonds. The van der Waals surface area contributed by atoms with Crippen molar-refractivity contribution in [3.05, 3.63) is 77.5 Å². The summed E-state index contributed by atoms with van der Waals surface area (Å²) in [4.78, 5) is 16.5. The molecule has 5 rings (SSSR count). The third-order valence-corrected chi connectivity index (χ3v) is 5.98. The molecule has 146 valence electrons. The van der Waals surface area contributed by atoms with E-state index < -0.39 is 0 Å². The van der Waals surface area contributed by atoms with E-state index in [1.807, 2.05) is 30.3 Å². The molecule has 0 saturated heterocycles. The Kier molecular flexibility index (Phi) is 4.47. The quantitative estimate of drug-likeness (QED) is 0.516. The van der Waals surface area contributed by atoms with Crippen LogP contribution in [0.5, 0.6) is 5.75 Å². The summed E-state index contributed by atoms with van der Waals surface area (Å²) in [5.74, 6) is 0.928. The van der Waals surface area contributed by atoms with Gasteiger partial charge in [0.2, 0.25) is 5.91 Å². The minimum atomic E-state index is 0.0274. The number of carbonyl (C=O) groups excluding carboxylic acids is 1. The van der Waals surface area contributed by atoms with Gasteiger partial charge in [-0.05, 0) is 59.4 Å². The van der Waals surface area contributed by atoms with Crippen molar-refractivity contribution in [3.63, 3.8) is 0 Å². The van der Waals surface area contributed by atoms with Crippen LogP contribution in [-0.2, 0) is 17.6 Å². The lowest BCUT2D eigenvalue weighted by atomic mass is 9.91. The summed E-state index contributed by atoms with van der Waals surface area (Å²) >= 11 is 0. The van der Waals surface area contributed by atoms with Crippen molar-refractivity contribution in [1.82, 2.24) is 10.3 Å². The third kappa shape index (κ3) is 3.25. The monoisotopic (exact) mass is 384 g/mol. The number of aromatic amines is 1. The second kappa shape index (κ2) is 7.28. The molecule has 0 fully saturated rings. The molecule has 2 N–H and O–H groups in total. The molecular formula is C25H24N2O2. The van der Waals surface area contributed by atoms with Crippen LogP contribution < -0.4 is 10.1 Å². The number of rotatable bonds is 4. The predicted molar refractivity (Wildman–Crippen MR) is 116 cm³/mol. The topological polar surface area (TPSA) is 54.1 Å². The average Bonchev–Trinajstić information content (AvgIpc) is 3.13. The number of H-pyrrole nitrogens is 1. The minimum Gasteiger partial charge on any atom is -0.497 e. The van der Waals surface area contributed by atoms with Crippen LogP contribution in [0.3, 0.4) is 0 Å². The summed E-state index contributed by atoms with van der Waals surface area (Å²) in [6, 6.07) is 20.5. The van der Waals surface area contributed by atoms with E-state index >= 15 is 0 Å². The highest BCUT2D eigenvalue weighted by Gasteiger charge is 2.26. The van der Waals surface area contributed by atoms with Crippen molar-refractivity contribution in [2.24, 2.45) is 0 Å². The van der Waals surface area contributed by atoms with Gasteiger partial charge in [0.15, 0.2) is 0 Å². The average molecular weight is 384 g/mol. The van der Waals surface area contributed by atoms with Crippen LogP contribution >= 0.6 is 0 Å². The van der Waals surface area contributed by atoms with E-state index in [1.54, 1.807) is 7.11 Å². The Balaban J connectivity index is 1.41. The van der Waals surface area contributed by atoms with Crippen LogP contribution in [0.25, 0.3) is 21.7 Å². The molecular weight excluding hydrogens is 360 g/mol. The number of amides is 1. The summed E-state index contributed by atoms with van der Waals surface area (Å²) in [6.45, 7) is 0. The van der Waals surface area contributed by atoms with Gasteiger partial charge in [0, 0.05) is 16.6 Å². The SMILES string of the molecule is COc1ccc2[nH]c3c(c2c1)CCC[C@H]3NC(=O)Cc1cccc2ccccc12. The standard InChI is InChI=1S/C25H24N2O2/c1-29-18-12-13-22-21(15-18)20-10-5-11-23(25(20)27-22)26-24(28)14-17-8-4-7-16-6-2-3-9-19(16)17/h2-4,6-9,12-13,15,23,27H,5,10-11,14H2,1H3,(H,26,28)/t23-/m1/s1. The van der Waals surface area contributed by atoms with Crippen LogP contribution in [0.1, 0.15) is 35.7 Å². The van der Waals surface area contributed by atoms with Crippen LogP contribution in [0.4, 0.5) is 0 Å². The van der Waals surface area contributed by atoms with Crippen molar-refractivity contribution >= 4 is 27.6 Å². The molecule has 3 aromatic carbocycles. The molecule has 1 atom stereocenters. The fourth-order valence-corrected chi connectivity index (χ4v) is 4.58. The van der Waals surface area contributed by atoms with Crippen molar-refractivity contribution in [1.29, 1.82) is 0 Å². The number of aryl methyl sites for hydroxylation is 1. The zero-order chi connectivity index (χ0) is 19.8. The number of fused-ring (bicyclic) bond motifs is 4.